The summed E-state index contributed by atoms with van der Waals surface area (Å²) < 4.78 is 0. The van der Waals surface area contributed by atoms with E-state index in [4.69, 9.17) is 5.73 Å². The predicted molar refractivity (Wildman–Crippen MR) is 154 cm³/mol. The van der Waals surface area contributed by atoms with Gasteiger partial charge in [0, 0.05) is 43.3 Å². The van der Waals surface area contributed by atoms with Crippen LogP contribution in [0.15, 0.2) is 66.9 Å². The highest BCUT2D eigenvalue weighted by atomic mass is 16.1. The fourth-order valence-electron chi connectivity index (χ4n) is 4.95. The van der Waals surface area contributed by atoms with E-state index in [0.29, 0.717) is 23.6 Å². The number of anilines is 4. The van der Waals surface area contributed by atoms with Gasteiger partial charge in [0.05, 0.1) is 11.3 Å². The average Bonchev–Trinajstić information content (AvgIpc) is 2.94. The van der Waals surface area contributed by atoms with Crippen molar-refractivity contribution in [2.75, 3.05) is 48.3 Å². The molecule has 0 aliphatic carbocycles. The molecule has 0 bridgehead atoms. The second-order valence-corrected chi connectivity index (χ2v) is 9.74. The van der Waals surface area contributed by atoms with Crippen molar-refractivity contribution >= 4 is 28.8 Å². The maximum atomic E-state index is 11.9. The number of carbonyl (C=O) groups excluding carboxylic acids is 1. The first-order valence-electron chi connectivity index (χ1n) is 13.5. The van der Waals surface area contributed by atoms with Crippen molar-refractivity contribution in [3.8, 4) is 0 Å². The Morgan fingerprint density at radius 3 is 2.41 bits per heavy atom. The highest BCUT2D eigenvalue weighted by molar-refractivity contribution is 5.98. The Kier molecular flexibility index (Phi) is 9.38. The van der Waals surface area contributed by atoms with Crippen LogP contribution in [-0.4, -0.2) is 48.5 Å². The molecule has 4 rings (SSSR count). The van der Waals surface area contributed by atoms with Crippen LogP contribution in [0.1, 0.15) is 49.0 Å². The van der Waals surface area contributed by atoms with Crippen molar-refractivity contribution in [1.29, 1.82) is 0 Å². The molecule has 0 atom stereocenters. The number of rotatable bonds is 12. The number of piperidine rings is 1. The third-order valence-corrected chi connectivity index (χ3v) is 7.36. The van der Waals surface area contributed by atoms with Gasteiger partial charge in [-0.1, -0.05) is 44.2 Å². The van der Waals surface area contributed by atoms with Crippen molar-refractivity contribution in [1.82, 2.24) is 9.88 Å². The molecule has 7 heteroatoms. The Morgan fingerprint density at radius 1 is 1.05 bits per heavy atom. The quantitative estimate of drug-likeness (QED) is 0.305. The number of aromatic nitrogens is 1. The molecule has 196 valence electrons. The summed E-state index contributed by atoms with van der Waals surface area (Å²) in [6.07, 6.45) is 5.35. The van der Waals surface area contributed by atoms with Crippen LogP contribution in [0.5, 0.6) is 0 Å². The number of pyridine rings is 1. The molecule has 1 aliphatic rings. The van der Waals surface area contributed by atoms with Crippen LogP contribution in [-0.2, 0) is 6.54 Å². The van der Waals surface area contributed by atoms with Gasteiger partial charge in [-0.05, 0) is 74.6 Å². The van der Waals surface area contributed by atoms with E-state index in [-0.39, 0.29) is 0 Å². The van der Waals surface area contributed by atoms with Gasteiger partial charge in [-0.25, -0.2) is 4.98 Å². The van der Waals surface area contributed by atoms with Gasteiger partial charge >= 0.3 is 0 Å². The zero-order valence-electron chi connectivity index (χ0n) is 22.1. The number of nitrogens with zero attached hydrogens (tertiary/aromatic N) is 3. The van der Waals surface area contributed by atoms with Crippen molar-refractivity contribution in [3.63, 3.8) is 0 Å². The van der Waals surface area contributed by atoms with Gasteiger partial charge in [0.25, 0.3) is 5.91 Å². The SMILES string of the molecule is CCN(CC)CCC1CCN(c2ccc(Nc3cc(NCc4ccccc4)c(C(N)=O)cn3)cc2)CC1. The third kappa shape index (κ3) is 7.46. The number of benzene rings is 2. The van der Waals surface area contributed by atoms with Crippen LogP contribution in [0, 0.1) is 5.92 Å². The van der Waals surface area contributed by atoms with E-state index in [0.717, 1.165) is 43.3 Å². The molecule has 0 spiro atoms. The summed E-state index contributed by atoms with van der Waals surface area (Å²) in [4.78, 5) is 21.3. The average molecular weight is 501 g/mol. The van der Waals surface area contributed by atoms with Crippen LogP contribution >= 0.6 is 0 Å². The molecule has 2 heterocycles. The van der Waals surface area contributed by atoms with E-state index in [2.05, 4.69) is 63.5 Å². The molecule has 3 aromatic rings. The minimum atomic E-state index is -0.504. The summed E-state index contributed by atoms with van der Waals surface area (Å²) >= 11 is 0. The van der Waals surface area contributed by atoms with Crippen LogP contribution in [0.2, 0.25) is 0 Å². The number of hydrogen-bond acceptors (Lipinski definition) is 6. The first-order valence-corrected chi connectivity index (χ1v) is 13.5. The lowest BCUT2D eigenvalue weighted by atomic mass is 9.93. The van der Waals surface area contributed by atoms with Crippen molar-refractivity contribution in [2.24, 2.45) is 11.7 Å². The molecule has 2 aromatic carbocycles. The lowest BCUT2D eigenvalue weighted by Gasteiger charge is -2.34. The first-order chi connectivity index (χ1) is 18.1. The normalized spacial score (nSPS) is 14.1. The van der Waals surface area contributed by atoms with Gasteiger partial charge in [0.1, 0.15) is 5.82 Å². The Bertz CT molecular complexity index is 1120. The number of primary amides is 1. The third-order valence-electron chi connectivity index (χ3n) is 7.36. The van der Waals surface area contributed by atoms with Crippen LogP contribution in [0.3, 0.4) is 0 Å². The van der Waals surface area contributed by atoms with Gasteiger partial charge in [-0.15, -0.1) is 0 Å². The highest BCUT2D eigenvalue weighted by Gasteiger charge is 2.20. The van der Waals surface area contributed by atoms with E-state index in [1.54, 1.807) is 0 Å². The molecular weight excluding hydrogens is 460 g/mol. The molecule has 1 fully saturated rings. The predicted octanol–water partition coefficient (Wildman–Crippen LogP) is 5.48. The van der Waals surface area contributed by atoms with Crippen molar-refractivity contribution in [2.45, 2.75) is 39.7 Å². The summed E-state index contributed by atoms with van der Waals surface area (Å²) in [5, 5.41) is 6.68. The molecule has 37 heavy (non-hydrogen) atoms. The summed E-state index contributed by atoms with van der Waals surface area (Å²) in [6.45, 7) is 10.8. The van der Waals surface area contributed by atoms with E-state index >= 15 is 0 Å². The summed E-state index contributed by atoms with van der Waals surface area (Å²) in [7, 11) is 0. The van der Waals surface area contributed by atoms with Crippen LogP contribution < -0.4 is 21.3 Å². The van der Waals surface area contributed by atoms with E-state index in [9.17, 15) is 4.79 Å². The zero-order chi connectivity index (χ0) is 26.0. The first kappa shape index (κ1) is 26.5. The van der Waals surface area contributed by atoms with Crippen LogP contribution in [0.4, 0.5) is 22.9 Å². The van der Waals surface area contributed by atoms with Gasteiger partial charge in [0.2, 0.25) is 0 Å². The van der Waals surface area contributed by atoms with Gasteiger partial charge in [-0.3, -0.25) is 4.79 Å². The maximum absolute atomic E-state index is 11.9. The largest absolute Gasteiger partial charge is 0.380 e. The Labute approximate surface area is 221 Å². The van der Waals surface area contributed by atoms with Crippen LogP contribution in [0.25, 0.3) is 0 Å². The Hall–Kier alpha value is -3.58. The Balaban J connectivity index is 1.33. The van der Waals surface area contributed by atoms with Gasteiger partial charge < -0.3 is 26.2 Å². The van der Waals surface area contributed by atoms with Gasteiger partial charge in [0.15, 0.2) is 0 Å². The lowest BCUT2D eigenvalue weighted by Crippen LogP contribution is -2.35. The highest BCUT2D eigenvalue weighted by Crippen LogP contribution is 2.28. The molecule has 1 amide bonds. The molecule has 1 aromatic heterocycles. The fourth-order valence-corrected chi connectivity index (χ4v) is 4.95. The molecule has 1 aliphatic heterocycles. The molecule has 1 saturated heterocycles. The minimum absolute atomic E-state index is 0.373. The molecule has 0 radical (unpaired) electrons. The van der Waals surface area contributed by atoms with Gasteiger partial charge in [-0.2, -0.15) is 0 Å². The van der Waals surface area contributed by atoms with Crippen molar-refractivity contribution < 1.29 is 4.79 Å². The van der Waals surface area contributed by atoms with E-state index in [1.807, 2.05) is 36.4 Å². The fraction of sp³-hybridized carbons (Fsp3) is 0.400. The smallest absolute Gasteiger partial charge is 0.252 e. The minimum Gasteiger partial charge on any atom is -0.380 e. The lowest BCUT2D eigenvalue weighted by molar-refractivity contribution is 0.100. The molecule has 7 nitrogen and oxygen atoms in total. The zero-order valence-corrected chi connectivity index (χ0v) is 22.1. The topological polar surface area (TPSA) is 86.5 Å². The molecular formula is C30H40N6O. The number of amides is 1. The van der Waals surface area contributed by atoms with Crippen molar-refractivity contribution in [3.05, 3.63) is 78.0 Å². The summed E-state index contributed by atoms with van der Waals surface area (Å²) in [5.41, 5.74) is 9.94. The summed E-state index contributed by atoms with van der Waals surface area (Å²) in [5.74, 6) is 0.982. The standard InChI is InChI=1S/C30H40N6O/c1-3-35(4-2)17-14-23-15-18-36(19-16-23)26-12-10-25(11-13-26)34-29-20-28(27(22-33-29)30(31)37)32-21-24-8-6-5-7-9-24/h5-13,20,22-23H,3-4,14-19,21H2,1-2H3,(H2,31,37)(H2,32,33,34). The Morgan fingerprint density at radius 2 is 1.76 bits per heavy atom. The second kappa shape index (κ2) is 13.1. The van der Waals surface area contributed by atoms with E-state index < -0.39 is 5.91 Å². The number of hydrogen-bond donors (Lipinski definition) is 3. The summed E-state index contributed by atoms with van der Waals surface area (Å²) in [6, 6.07) is 20.4. The number of carbonyl (C=O) groups is 1. The molecule has 0 unspecified atom stereocenters. The molecule has 0 saturated carbocycles. The maximum Gasteiger partial charge on any atom is 0.252 e. The second-order valence-electron chi connectivity index (χ2n) is 9.74. The molecule has 4 N–H and O–H groups in total. The number of nitrogens with one attached hydrogen (secondary N) is 2. The monoisotopic (exact) mass is 500 g/mol. The van der Waals surface area contributed by atoms with E-state index in [1.165, 1.54) is 37.7 Å². The number of nitrogens with two attached hydrogens (primary N) is 1.